The van der Waals surface area contributed by atoms with Gasteiger partial charge in [-0.05, 0) is 35.2 Å². The smallest absolute Gasteiger partial charge is 0.341 e. The van der Waals surface area contributed by atoms with Crippen LogP contribution in [0.4, 0.5) is 8.78 Å². The number of rotatable bonds is 6. The van der Waals surface area contributed by atoms with Gasteiger partial charge in [0.05, 0.1) is 0 Å². The predicted octanol–water partition coefficient (Wildman–Crippen LogP) is 5.53. The molecule has 1 rings (SSSR count). The Kier molecular flexibility index (Phi) is 5.96. The van der Waals surface area contributed by atoms with Gasteiger partial charge in [0.2, 0.25) is 0 Å². The molecule has 0 atom stereocenters. The minimum absolute atomic E-state index is 0.0676. The van der Waals surface area contributed by atoms with Gasteiger partial charge in [-0.1, -0.05) is 41.5 Å². The molecule has 0 amide bonds. The Balaban J connectivity index is 3.55. The fourth-order valence-corrected chi connectivity index (χ4v) is 8.78. The molecule has 0 aromatic heterocycles. The Hall–Kier alpha value is -1.43. The zero-order chi connectivity index (χ0) is 18.1. The molecule has 1 aromatic carbocycles. The van der Waals surface area contributed by atoms with Gasteiger partial charge in [-0.3, -0.25) is 0 Å². The third-order valence-corrected chi connectivity index (χ3v) is 10.5. The molecule has 0 saturated heterocycles. The first-order valence-corrected chi connectivity index (χ1v) is 10.0. The van der Waals surface area contributed by atoms with Crippen molar-refractivity contribution in [2.24, 2.45) is 0 Å². The normalized spacial score (nSPS) is 12.3. The summed E-state index contributed by atoms with van der Waals surface area (Å²) in [6, 6.07) is 1.27. The number of halogens is 2. The van der Waals surface area contributed by atoms with Gasteiger partial charge in [-0.25, -0.2) is 13.6 Å². The van der Waals surface area contributed by atoms with E-state index >= 15 is 0 Å². The van der Waals surface area contributed by atoms with Crippen LogP contribution in [0.15, 0.2) is 6.07 Å². The zero-order valence-electron chi connectivity index (χ0n) is 14.8. The highest BCUT2D eigenvalue weighted by atomic mass is 28.4. The largest absolute Gasteiger partial charge is 0.541 e. The van der Waals surface area contributed by atoms with Gasteiger partial charge < -0.3 is 9.53 Å². The van der Waals surface area contributed by atoms with Crippen molar-refractivity contribution >= 4 is 14.3 Å². The Morgan fingerprint density at radius 2 is 1.48 bits per heavy atom. The Morgan fingerprint density at radius 1 is 1.04 bits per heavy atom. The van der Waals surface area contributed by atoms with E-state index in [0.717, 1.165) is 0 Å². The van der Waals surface area contributed by atoms with E-state index in [1.165, 1.54) is 13.0 Å². The summed E-state index contributed by atoms with van der Waals surface area (Å²) < 4.78 is 34.7. The highest BCUT2D eigenvalue weighted by molar-refractivity contribution is 6.78. The molecule has 0 radical (unpaired) electrons. The molecule has 0 aliphatic carbocycles. The molecule has 0 aliphatic heterocycles. The summed E-state index contributed by atoms with van der Waals surface area (Å²) in [5.41, 5.74) is -0.293. The maximum absolute atomic E-state index is 14.6. The first-order chi connectivity index (χ1) is 10.5. The van der Waals surface area contributed by atoms with E-state index in [1.807, 2.05) is 41.5 Å². The monoisotopic (exact) mass is 344 g/mol. The van der Waals surface area contributed by atoms with Gasteiger partial charge in [0.1, 0.15) is 17.1 Å². The lowest BCUT2D eigenvalue weighted by molar-refractivity contribution is 0.0685. The van der Waals surface area contributed by atoms with Gasteiger partial charge in [-0.15, -0.1) is 0 Å². The summed E-state index contributed by atoms with van der Waals surface area (Å²) in [6.07, 6.45) is 0. The summed E-state index contributed by atoms with van der Waals surface area (Å²) in [6.45, 7) is 13.7. The molecule has 0 saturated carbocycles. The molecule has 1 N–H and O–H groups in total. The molecule has 0 bridgehead atoms. The minimum Gasteiger partial charge on any atom is -0.541 e. The highest BCUT2D eigenvalue weighted by Crippen LogP contribution is 2.43. The molecular formula is C17H26F2O3Si. The third-order valence-electron chi connectivity index (χ3n) is 4.56. The van der Waals surface area contributed by atoms with Crippen LogP contribution in [0.5, 0.6) is 5.75 Å². The van der Waals surface area contributed by atoms with E-state index < -0.39 is 31.5 Å². The molecule has 130 valence electrons. The van der Waals surface area contributed by atoms with Crippen LogP contribution in [0.3, 0.4) is 0 Å². The number of carbonyl (C=O) groups is 1. The topological polar surface area (TPSA) is 46.5 Å². The standard InChI is InChI=1S/C17H26F2O3Si/c1-9(2)23(10(3)4,11(5)6)22-13-8-12(7)15(18)14(16(13)19)17(20)21/h8-11H,1-7H3,(H,20,21). The van der Waals surface area contributed by atoms with Crippen molar-refractivity contribution in [1.29, 1.82) is 0 Å². The van der Waals surface area contributed by atoms with Crippen molar-refractivity contribution < 1.29 is 23.1 Å². The molecule has 0 aliphatic rings. The SMILES string of the molecule is Cc1cc(O[Si](C(C)C)(C(C)C)C(C)C)c(F)c(C(=O)O)c1F. The lowest BCUT2D eigenvalue weighted by Crippen LogP contribution is -2.51. The van der Waals surface area contributed by atoms with Crippen molar-refractivity contribution in [1.82, 2.24) is 0 Å². The number of carboxylic acid groups (broad SMARTS) is 1. The van der Waals surface area contributed by atoms with E-state index in [-0.39, 0.29) is 27.9 Å². The third kappa shape index (κ3) is 3.41. The van der Waals surface area contributed by atoms with Crippen LogP contribution >= 0.6 is 0 Å². The van der Waals surface area contributed by atoms with Crippen LogP contribution in [0.25, 0.3) is 0 Å². The first kappa shape index (κ1) is 19.6. The number of aromatic carboxylic acids is 1. The molecule has 0 unspecified atom stereocenters. The average molecular weight is 344 g/mol. The Labute approximate surface area is 137 Å². The van der Waals surface area contributed by atoms with Crippen LogP contribution in [0.2, 0.25) is 16.6 Å². The van der Waals surface area contributed by atoms with E-state index in [2.05, 4.69) is 0 Å². The van der Waals surface area contributed by atoms with E-state index in [4.69, 9.17) is 9.53 Å². The fraction of sp³-hybridized carbons (Fsp3) is 0.588. The van der Waals surface area contributed by atoms with Gasteiger partial charge in [0, 0.05) is 0 Å². The number of carboxylic acids is 1. The van der Waals surface area contributed by atoms with Gasteiger partial charge >= 0.3 is 5.97 Å². The number of aryl methyl sites for hydroxylation is 1. The van der Waals surface area contributed by atoms with Gasteiger partial charge in [-0.2, -0.15) is 0 Å². The van der Waals surface area contributed by atoms with E-state index in [1.54, 1.807) is 0 Å². The summed E-state index contributed by atoms with van der Waals surface area (Å²) in [5, 5.41) is 9.10. The second kappa shape index (κ2) is 6.99. The first-order valence-electron chi connectivity index (χ1n) is 7.87. The summed E-state index contributed by atoms with van der Waals surface area (Å²) in [4.78, 5) is 11.2. The van der Waals surface area contributed by atoms with Crippen LogP contribution in [-0.4, -0.2) is 19.4 Å². The summed E-state index contributed by atoms with van der Waals surface area (Å²) in [7, 11) is -2.45. The van der Waals surface area contributed by atoms with Crippen molar-refractivity contribution in [2.75, 3.05) is 0 Å². The lowest BCUT2D eigenvalue weighted by atomic mass is 10.1. The molecule has 3 nitrogen and oxygen atoms in total. The number of benzene rings is 1. The van der Waals surface area contributed by atoms with Crippen LogP contribution in [-0.2, 0) is 0 Å². The maximum Gasteiger partial charge on any atom is 0.341 e. The van der Waals surface area contributed by atoms with Gasteiger partial charge in [0.15, 0.2) is 5.82 Å². The van der Waals surface area contributed by atoms with E-state index in [9.17, 15) is 13.6 Å². The van der Waals surface area contributed by atoms with Crippen LogP contribution in [0.1, 0.15) is 57.5 Å². The molecule has 0 fully saturated rings. The Bertz CT molecular complexity index is 576. The highest BCUT2D eigenvalue weighted by Gasteiger charge is 2.47. The zero-order valence-corrected chi connectivity index (χ0v) is 15.8. The molecule has 6 heteroatoms. The number of hydrogen-bond acceptors (Lipinski definition) is 2. The molecule has 23 heavy (non-hydrogen) atoms. The quantitative estimate of drug-likeness (QED) is 0.691. The number of hydrogen-bond donors (Lipinski definition) is 1. The molecular weight excluding hydrogens is 318 g/mol. The van der Waals surface area contributed by atoms with Crippen molar-refractivity contribution in [3.05, 3.63) is 28.8 Å². The second-order valence-corrected chi connectivity index (χ2v) is 12.3. The molecule has 0 spiro atoms. The van der Waals surface area contributed by atoms with Crippen molar-refractivity contribution in [3.8, 4) is 5.75 Å². The van der Waals surface area contributed by atoms with Crippen molar-refractivity contribution in [3.63, 3.8) is 0 Å². The second-order valence-electron chi connectivity index (χ2n) is 6.92. The van der Waals surface area contributed by atoms with Gasteiger partial charge in [0.25, 0.3) is 8.32 Å². The summed E-state index contributed by atoms with van der Waals surface area (Å²) in [5.74, 6) is -3.95. The molecule has 0 heterocycles. The fourth-order valence-electron chi connectivity index (χ4n) is 3.55. The van der Waals surface area contributed by atoms with Crippen molar-refractivity contribution in [2.45, 2.75) is 65.1 Å². The van der Waals surface area contributed by atoms with Crippen LogP contribution in [0, 0.1) is 18.6 Å². The maximum atomic E-state index is 14.6. The average Bonchev–Trinajstić information content (AvgIpc) is 2.39. The molecule has 1 aromatic rings. The minimum atomic E-state index is -2.45. The van der Waals surface area contributed by atoms with E-state index in [0.29, 0.717) is 0 Å². The Morgan fingerprint density at radius 3 is 1.83 bits per heavy atom. The predicted molar refractivity (Wildman–Crippen MR) is 89.7 cm³/mol. The summed E-state index contributed by atoms with van der Waals surface area (Å²) >= 11 is 0. The van der Waals surface area contributed by atoms with Crippen LogP contribution < -0.4 is 4.43 Å². The lowest BCUT2D eigenvalue weighted by Gasteiger charge is -2.42.